The molecule has 2 heterocycles. The van der Waals surface area contributed by atoms with E-state index in [1.165, 1.54) is 32.6 Å². The number of amides is 2. The van der Waals surface area contributed by atoms with Crippen LogP contribution in [0.15, 0.2) is 6.20 Å². The second-order valence-corrected chi connectivity index (χ2v) is 8.54. The highest BCUT2D eigenvalue weighted by molar-refractivity contribution is 5.86. The van der Waals surface area contributed by atoms with Gasteiger partial charge in [0.05, 0.1) is 11.7 Å². The summed E-state index contributed by atoms with van der Waals surface area (Å²) in [5.74, 6) is 0.830. The van der Waals surface area contributed by atoms with Crippen molar-refractivity contribution in [2.45, 2.75) is 83.7 Å². The van der Waals surface area contributed by atoms with E-state index in [1.807, 2.05) is 9.58 Å². The summed E-state index contributed by atoms with van der Waals surface area (Å²) in [7, 11) is 0. The Hall–Kier alpha value is -1.92. The molecular weight excluding hydrogens is 342 g/mol. The van der Waals surface area contributed by atoms with Crippen molar-refractivity contribution >= 4 is 11.8 Å². The minimum absolute atomic E-state index is 0.0441. The molecule has 0 radical (unpaired) electrons. The standard InChI is InChI=1S/C20H33N5O2/c1-14(2)12-18(21-15(3)26)20(27)24-10-8-17(9-11-24)25-13-19(22-23-25)16-6-4-5-7-16/h13-14,16-18H,4-12H2,1-3H3,(H,21,26)/t18-/m0/s1. The van der Waals surface area contributed by atoms with E-state index in [0.29, 0.717) is 37.4 Å². The summed E-state index contributed by atoms with van der Waals surface area (Å²) in [6.45, 7) is 7.02. The van der Waals surface area contributed by atoms with Gasteiger partial charge in [0.2, 0.25) is 11.8 Å². The molecule has 1 atom stereocenters. The zero-order valence-corrected chi connectivity index (χ0v) is 16.9. The SMILES string of the molecule is CC(=O)N[C@@H](CC(C)C)C(=O)N1CCC(n2cc(C3CCCC3)nn2)CC1. The molecule has 150 valence electrons. The number of nitrogens with zero attached hydrogens (tertiary/aromatic N) is 4. The predicted octanol–water partition coefficient (Wildman–Crippen LogP) is 2.65. The largest absolute Gasteiger partial charge is 0.345 e. The predicted molar refractivity (Wildman–Crippen MR) is 103 cm³/mol. The third-order valence-electron chi connectivity index (χ3n) is 5.83. The van der Waals surface area contributed by atoms with Crippen molar-refractivity contribution < 1.29 is 9.59 Å². The first-order valence-electron chi connectivity index (χ1n) is 10.4. The van der Waals surface area contributed by atoms with Crippen molar-refractivity contribution in [2.75, 3.05) is 13.1 Å². The Balaban J connectivity index is 1.55. The molecule has 0 bridgehead atoms. The number of piperidine rings is 1. The van der Waals surface area contributed by atoms with Crippen LogP contribution in [0, 0.1) is 5.92 Å². The Kier molecular flexibility index (Phi) is 6.50. The molecule has 1 N–H and O–H groups in total. The summed E-state index contributed by atoms with van der Waals surface area (Å²) in [6, 6.07) is -0.111. The maximum absolute atomic E-state index is 12.9. The van der Waals surface area contributed by atoms with E-state index in [-0.39, 0.29) is 11.8 Å². The molecule has 7 heteroatoms. The van der Waals surface area contributed by atoms with Crippen molar-refractivity contribution in [2.24, 2.45) is 5.92 Å². The lowest BCUT2D eigenvalue weighted by atomic mass is 9.99. The molecule has 1 aromatic heterocycles. The van der Waals surface area contributed by atoms with Gasteiger partial charge in [-0.2, -0.15) is 0 Å². The number of aromatic nitrogens is 3. The summed E-state index contributed by atoms with van der Waals surface area (Å²) in [6.07, 6.45) is 9.61. The van der Waals surface area contributed by atoms with Crippen LogP contribution in [0.5, 0.6) is 0 Å². The first-order valence-corrected chi connectivity index (χ1v) is 10.4. The van der Waals surface area contributed by atoms with Crippen LogP contribution >= 0.6 is 0 Å². The molecule has 0 aromatic carbocycles. The number of carbonyl (C=O) groups is 2. The molecule has 1 saturated heterocycles. The van der Waals surface area contributed by atoms with Crippen LogP contribution in [-0.4, -0.2) is 50.8 Å². The fourth-order valence-corrected chi connectivity index (χ4v) is 4.39. The normalized spacial score (nSPS) is 20.2. The van der Waals surface area contributed by atoms with Crippen LogP contribution in [0.2, 0.25) is 0 Å². The van der Waals surface area contributed by atoms with Crippen LogP contribution in [0.3, 0.4) is 0 Å². The molecule has 1 aliphatic heterocycles. The van der Waals surface area contributed by atoms with Crippen molar-refractivity contribution in [3.63, 3.8) is 0 Å². The molecule has 2 aliphatic rings. The molecule has 2 amide bonds. The monoisotopic (exact) mass is 375 g/mol. The van der Waals surface area contributed by atoms with Gasteiger partial charge in [0.15, 0.2) is 0 Å². The molecule has 1 aromatic rings. The van der Waals surface area contributed by atoms with Crippen molar-refractivity contribution in [1.29, 1.82) is 0 Å². The van der Waals surface area contributed by atoms with Gasteiger partial charge in [0.1, 0.15) is 6.04 Å². The summed E-state index contributed by atoms with van der Waals surface area (Å²) >= 11 is 0. The van der Waals surface area contributed by atoms with E-state index in [2.05, 4.69) is 35.7 Å². The van der Waals surface area contributed by atoms with Crippen LogP contribution < -0.4 is 5.32 Å². The number of rotatable bonds is 6. The van der Waals surface area contributed by atoms with Crippen molar-refractivity contribution in [3.8, 4) is 0 Å². The van der Waals surface area contributed by atoms with Crippen LogP contribution in [0.4, 0.5) is 0 Å². The van der Waals surface area contributed by atoms with Crippen molar-refractivity contribution in [1.82, 2.24) is 25.2 Å². The molecule has 0 spiro atoms. The lowest BCUT2D eigenvalue weighted by molar-refractivity contribution is -0.137. The average Bonchev–Trinajstić information content (AvgIpc) is 3.31. The Morgan fingerprint density at radius 3 is 2.44 bits per heavy atom. The number of nitrogens with one attached hydrogen (secondary N) is 1. The molecular formula is C20H33N5O2. The van der Waals surface area contributed by atoms with Gasteiger partial charge in [0, 0.05) is 32.1 Å². The third-order valence-corrected chi connectivity index (χ3v) is 5.83. The van der Waals surface area contributed by atoms with Gasteiger partial charge in [-0.15, -0.1) is 5.10 Å². The minimum Gasteiger partial charge on any atom is -0.345 e. The fraction of sp³-hybridized carbons (Fsp3) is 0.800. The topological polar surface area (TPSA) is 80.1 Å². The number of hydrogen-bond donors (Lipinski definition) is 1. The second kappa shape index (κ2) is 8.85. The minimum atomic E-state index is -0.417. The molecule has 2 fully saturated rings. The Labute approximate surface area is 161 Å². The quantitative estimate of drug-likeness (QED) is 0.829. The molecule has 1 saturated carbocycles. The zero-order chi connectivity index (χ0) is 19.4. The molecule has 7 nitrogen and oxygen atoms in total. The van der Waals surface area contributed by atoms with Crippen molar-refractivity contribution in [3.05, 3.63) is 11.9 Å². The van der Waals surface area contributed by atoms with Gasteiger partial charge in [-0.3, -0.25) is 9.59 Å². The van der Waals surface area contributed by atoms with Gasteiger partial charge < -0.3 is 10.2 Å². The molecule has 3 rings (SSSR count). The summed E-state index contributed by atoms with van der Waals surface area (Å²) < 4.78 is 2.01. The zero-order valence-electron chi connectivity index (χ0n) is 16.9. The van der Waals surface area contributed by atoms with E-state index in [4.69, 9.17) is 0 Å². The summed E-state index contributed by atoms with van der Waals surface area (Å²) in [5.41, 5.74) is 1.13. The van der Waals surface area contributed by atoms with Gasteiger partial charge in [-0.05, 0) is 38.0 Å². The third kappa shape index (κ3) is 5.08. The molecule has 1 aliphatic carbocycles. The van der Waals surface area contributed by atoms with E-state index >= 15 is 0 Å². The second-order valence-electron chi connectivity index (χ2n) is 8.54. The van der Waals surface area contributed by atoms with Crippen LogP contribution in [0.1, 0.15) is 83.4 Å². The molecule has 27 heavy (non-hydrogen) atoms. The van der Waals surface area contributed by atoms with Crippen LogP contribution in [0.25, 0.3) is 0 Å². The highest BCUT2D eigenvalue weighted by Gasteiger charge is 2.30. The van der Waals surface area contributed by atoms with Gasteiger partial charge in [0.25, 0.3) is 0 Å². The average molecular weight is 376 g/mol. The number of carbonyl (C=O) groups excluding carboxylic acids is 2. The van der Waals surface area contributed by atoms with Gasteiger partial charge in [-0.25, -0.2) is 4.68 Å². The maximum Gasteiger partial charge on any atom is 0.245 e. The summed E-state index contributed by atoms with van der Waals surface area (Å²) in [5, 5.41) is 11.6. The lowest BCUT2D eigenvalue weighted by Gasteiger charge is -2.34. The van der Waals surface area contributed by atoms with Crippen LogP contribution in [-0.2, 0) is 9.59 Å². The fourth-order valence-electron chi connectivity index (χ4n) is 4.39. The number of likely N-dealkylation sites (tertiary alicyclic amines) is 1. The van der Waals surface area contributed by atoms with Gasteiger partial charge in [-0.1, -0.05) is 31.9 Å². The maximum atomic E-state index is 12.9. The highest BCUT2D eigenvalue weighted by Crippen LogP contribution is 2.33. The molecule has 0 unspecified atom stereocenters. The lowest BCUT2D eigenvalue weighted by Crippen LogP contribution is -2.51. The smallest absolute Gasteiger partial charge is 0.245 e. The van der Waals surface area contributed by atoms with E-state index in [0.717, 1.165) is 18.5 Å². The first-order chi connectivity index (χ1) is 12.9. The number of hydrogen-bond acceptors (Lipinski definition) is 4. The van der Waals surface area contributed by atoms with E-state index < -0.39 is 6.04 Å². The highest BCUT2D eigenvalue weighted by atomic mass is 16.2. The van der Waals surface area contributed by atoms with E-state index in [9.17, 15) is 9.59 Å². The summed E-state index contributed by atoms with van der Waals surface area (Å²) in [4.78, 5) is 26.2. The van der Waals surface area contributed by atoms with E-state index in [1.54, 1.807) is 0 Å². The first kappa shape index (κ1) is 19.8. The Morgan fingerprint density at radius 1 is 1.19 bits per heavy atom. The Bertz CT molecular complexity index is 643. The van der Waals surface area contributed by atoms with Gasteiger partial charge >= 0.3 is 0 Å². The Morgan fingerprint density at radius 2 is 1.85 bits per heavy atom.